The quantitative estimate of drug-likeness (QED) is 0.842. The van der Waals surface area contributed by atoms with Gasteiger partial charge in [0.2, 0.25) is 0 Å². The Morgan fingerprint density at radius 2 is 2.05 bits per heavy atom. The van der Waals surface area contributed by atoms with Crippen LogP contribution in [0.15, 0.2) is 5.38 Å². The van der Waals surface area contributed by atoms with Crippen LogP contribution in [-0.2, 0) is 17.3 Å². The highest BCUT2D eigenvalue weighted by molar-refractivity contribution is 7.86. The van der Waals surface area contributed by atoms with Gasteiger partial charge in [0.05, 0.1) is 17.2 Å². The number of urea groups is 1. The van der Waals surface area contributed by atoms with E-state index in [1.54, 1.807) is 11.3 Å². The molecule has 120 valence electrons. The van der Waals surface area contributed by atoms with Gasteiger partial charge in [-0.3, -0.25) is 4.21 Å². The Kier molecular flexibility index (Phi) is 6.80. The molecule has 1 aromatic rings. The molecule has 0 saturated carbocycles. The van der Waals surface area contributed by atoms with Crippen LogP contribution in [0.5, 0.6) is 0 Å². The number of nitrogens with one attached hydrogen (secondary N) is 2. The molecular formula is C14H25N3O2S2. The lowest BCUT2D eigenvalue weighted by molar-refractivity contribution is 0.241. The van der Waals surface area contributed by atoms with Crippen LogP contribution in [0, 0.1) is 0 Å². The highest BCUT2D eigenvalue weighted by Gasteiger charge is 2.18. The minimum Gasteiger partial charge on any atom is -0.337 e. The van der Waals surface area contributed by atoms with Crippen molar-refractivity contribution in [2.75, 3.05) is 12.3 Å². The standard InChI is InChI=1S/C14H25N3O2S2/c1-10(2)12-17-11(9-20-12)8-16-13(18)15-6-7-21(19)14(3,4)5/h9-10H,6-8H2,1-5H3,(H2,15,16,18)/t21-/m1/s1. The third kappa shape index (κ3) is 6.56. The van der Waals surface area contributed by atoms with Gasteiger partial charge >= 0.3 is 6.03 Å². The van der Waals surface area contributed by atoms with E-state index >= 15 is 0 Å². The summed E-state index contributed by atoms with van der Waals surface area (Å²) in [6.07, 6.45) is 0. The number of amides is 2. The lowest BCUT2D eigenvalue weighted by Crippen LogP contribution is -2.38. The van der Waals surface area contributed by atoms with Crippen LogP contribution in [-0.4, -0.2) is 32.3 Å². The Hall–Kier alpha value is -0.950. The first kappa shape index (κ1) is 18.1. The molecule has 0 fully saturated rings. The maximum Gasteiger partial charge on any atom is 0.315 e. The van der Waals surface area contributed by atoms with E-state index in [1.807, 2.05) is 26.2 Å². The van der Waals surface area contributed by atoms with Gasteiger partial charge in [0.1, 0.15) is 0 Å². The molecule has 0 radical (unpaired) electrons. The van der Waals surface area contributed by atoms with Crippen LogP contribution in [0.3, 0.4) is 0 Å². The molecule has 1 heterocycles. The van der Waals surface area contributed by atoms with Crippen LogP contribution in [0.2, 0.25) is 0 Å². The molecule has 0 aromatic carbocycles. The van der Waals surface area contributed by atoms with Crippen molar-refractivity contribution >= 4 is 28.2 Å². The molecule has 2 N–H and O–H groups in total. The van der Waals surface area contributed by atoms with Crippen molar-refractivity contribution in [3.8, 4) is 0 Å². The average Bonchev–Trinajstić information content (AvgIpc) is 2.84. The molecule has 1 aromatic heterocycles. The summed E-state index contributed by atoms with van der Waals surface area (Å²) in [5.74, 6) is 0.871. The molecule has 1 atom stereocenters. The molecule has 21 heavy (non-hydrogen) atoms. The zero-order valence-corrected chi connectivity index (χ0v) is 15.0. The highest BCUT2D eigenvalue weighted by Crippen LogP contribution is 2.18. The molecule has 0 unspecified atom stereocenters. The summed E-state index contributed by atoms with van der Waals surface area (Å²) >= 11 is 1.61. The SMILES string of the molecule is CC(C)c1nc(CNC(=O)NCC[S@@](=O)C(C)(C)C)cs1. The van der Waals surface area contributed by atoms with E-state index in [4.69, 9.17) is 0 Å². The van der Waals surface area contributed by atoms with Crippen molar-refractivity contribution in [1.29, 1.82) is 0 Å². The van der Waals surface area contributed by atoms with E-state index in [0.29, 0.717) is 24.8 Å². The minimum absolute atomic E-state index is 0.244. The smallest absolute Gasteiger partial charge is 0.315 e. The maximum atomic E-state index is 11.8. The van der Waals surface area contributed by atoms with E-state index in [-0.39, 0.29) is 10.8 Å². The third-order valence-corrected chi connectivity index (χ3v) is 5.88. The van der Waals surface area contributed by atoms with E-state index < -0.39 is 10.8 Å². The molecule has 7 heteroatoms. The fourth-order valence-corrected chi connectivity index (χ4v) is 3.20. The Balaban J connectivity index is 2.26. The lowest BCUT2D eigenvalue weighted by Gasteiger charge is -2.17. The summed E-state index contributed by atoms with van der Waals surface area (Å²) in [5.41, 5.74) is 0.872. The van der Waals surface area contributed by atoms with Gasteiger partial charge in [-0.1, -0.05) is 13.8 Å². The molecule has 0 aliphatic carbocycles. The fraction of sp³-hybridized carbons (Fsp3) is 0.714. The van der Waals surface area contributed by atoms with Gasteiger partial charge in [-0.05, 0) is 20.8 Å². The number of aromatic nitrogens is 1. The largest absolute Gasteiger partial charge is 0.337 e. The molecule has 0 spiro atoms. The fourth-order valence-electron chi connectivity index (χ4n) is 1.47. The second-order valence-electron chi connectivity index (χ2n) is 6.10. The Bertz CT molecular complexity index is 493. The van der Waals surface area contributed by atoms with Crippen LogP contribution in [0.25, 0.3) is 0 Å². The van der Waals surface area contributed by atoms with Crippen molar-refractivity contribution in [3.05, 3.63) is 16.1 Å². The van der Waals surface area contributed by atoms with Crippen molar-refractivity contribution in [2.45, 2.75) is 51.8 Å². The minimum atomic E-state index is -0.949. The van der Waals surface area contributed by atoms with Crippen molar-refractivity contribution < 1.29 is 9.00 Å². The zero-order chi connectivity index (χ0) is 16.0. The normalized spacial score (nSPS) is 13.2. The van der Waals surface area contributed by atoms with Gasteiger partial charge in [-0.25, -0.2) is 9.78 Å². The second-order valence-corrected chi connectivity index (χ2v) is 9.32. The summed E-state index contributed by atoms with van der Waals surface area (Å²) in [7, 11) is -0.949. The first-order valence-electron chi connectivity index (χ1n) is 7.04. The average molecular weight is 332 g/mol. The monoisotopic (exact) mass is 331 g/mol. The molecule has 0 bridgehead atoms. The van der Waals surface area contributed by atoms with Crippen LogP contribution in [0.4, 0.5) is 4.79 Å². The Morgan fingerprint density at radius 3 is 2.57 bits per heavy atom. The number of hydrogen-bond acceptors (Lipinski definition) is 4. The summed E-state index contributed by atoms with van der Waals surface area (Å²) in [6, 6.07) is -0.250. The Morgan fingerprint density at radius 1 is 1.38 bits per heavy atom. The number of hydrogen-bond donors (Lipinski definition) is 2. The number of nitrogens with zero attached hydrogens (tertiary/aromatic N) is 1. The first-order chi connectivity index (χ1) is 9.70. The highest BCUT2D eigenvalue weighted by atomic mass is 32.2. The van der Waals surface area contributed by atoms with Crippen molar-refractivity contribution in [2.24, 2.45) is 0 Å². The predicted molar refractivity (Wildman–Crippen MR) is 89.2 cm³/mol. The molecule has 5 nitrogen and oxygen atoms in total. The maximum absolute atomic E-state index is 11.8. The van der Waals surface area contributed by atoms with E-state index in [1.165, 1.54) is 0 Å². The van der Waals surface area contributed by atoms with Gasteiger partial charge in [0.15, 0.2) is 0 Å². The van der Waals surface area contributed by atoms with Gasteiger partial charge in [0, 0.05) is 39.1 Å². The molecule has 2 amide bonds. The summed E-state index contributed by atoms with van der Waals surface area (Å²) in [6.45, 7) is 10.8. The number of carbonyl (C=O) groups is 1. The molecule has 0 aliphatic heterocycles. The molecular weight excluding hydrogens is 306 g/mol. The van der Waals surface area contributed by atoms with E-state index in [9.17, 15) is 9.00 Å². The topological polar surface area (TPSA) is 71.1 Å². The summed E-state index contributed by atoms with van der Waals surface area (Å²) in [5, 5.41) is 8.52. The zero-order valence-electron chi connectivity index (χ0n) is 13.4. The van der Waals surface area contributed by atoms with E-state index in [0.717, 1.165) is 10.7 Å². The number of rotatable bonds is 6. The number of thiazole rings is 1. The number of carbonyl (C=O) groups excluding carboxylic acids is 1. The molecule has 1 rings (SSSR count). The van der Waals surface area contributed by atoms with Gasteiger partial charge in [0.25, 0.3) is 0 Å². The second kappa shape index (κ2) is 7.89. The van der Waals surface area contributed by atoms with Crippen LogP contribution in [0.1, 0.15) is 51.2 Å². The van der Waals surface area contributed by atoms with Crippen LogP contribution >= 0.6 is 11.3 Å². The lowest BCUT2D eigenvalue weighted by atomic mass is 10.2. The predicted octanol–water partition coefficient (Wildman–Crippen LogP) is 2.61. The van der Waals surface area contributed by atoms with Gasteiger partial charge in [-0.15, -0.1) is 11.3 Å². The third-order valence-electron chi connectivity index (χ3n) is 2.75. The Labute approximate surface area is 133 Å². The first-order valence-corrected chi connectivity index (χ1v) is 9.24. The van der Waals surface area contributed by atoms with Gasteiger partial charge in [-0.2, -0.15) is 0 Å². The van der Waals surface area contributed by atoms with Crippen molar-refractivity contribution in [1.82, 2.24) is 15.6 Å². The van der Waals surface area contributed by atoms with E-state index in [2.05, 4.69) is 29.5 Å². The molecule has 0 aliphatic rings. The van der Waals surface area contributed by atoms with Crippen molar-refractivity contribution in [3.63, 3.8) is 0 Å². The molecule has 0 saturated heterocycles. The summed E-state index contributed by atoms with van der Waals surface area (Å²) < 4.78 is 11.6. The summed E-state index contributed by atoms with van der Waals surface area (Å²) in [4.78, 5) is 16.1. The van der Waals surface area contributed by atoms with Gasteiger partial charge < -0.3 is 10.6 Å². The van der Waals surface area contributed by atoms with Crippen LogP contribution < -0.4 is 10.6 Å².